The molecule has 214 valence electrons. The first kappa shape index (κ1) is 30.8. The summed E-state index contributed by atoms with van der Waals surface area (Å²) in [5.41, 5.74) is 4.23. The predicted molar refractivity (Wildman–Crippen MR) is 144 cm³/mol. The monoisotopic (exact) mass is 577 g/mol. The van der Waals surface area contributed by atoms with Gasteiger partial charge in [-0.15, -0.1) is 0 Å². The molecule has 0 radical (unpaired) electrons. The first-order valence-corrected chi connectivity index (χ1v) is 13.9. The SMILES string of the molecule is Cc1ccc(S(=O)(=O)NC2CNCC(C(=O)NCc3ccccc3-c3ccccc3)C2)cc1.O=C(O)C(F)(F)F. The number of alkyl halides is 3. The molecule has 1 amide bonds. The zero-order valence-corrected chi connectivity index (χ0v) is 22.4. The number of carboxylic acids is 1. The summed E-state index contributed by atoms with van der Waals surface area (Å²) >= 11 is 0. The highest BCUT2D eigenvalue weighted by atomic mass is 32.2. The van der Waals surface area contributed by atoms with E-state index in [0.29, 0.717) is 26.1 Å². The standard InChI is InChI=1S/C26H29N3O3S.C2HF3O2/c1-19-11-13-24(14-12-19)33(31,32)29-23-15-22(16-27-18-23)26(30)28-17-21-9-5-6-10-25(21)20-7-3-2-4-8-20;3-2(4,5)1(6)7/h2-14,22-23,27,29H,15-18H2,1H3,(H,28,30);(H,6,7). The van der Waals surface area contributed by atoms with Crippen molar-refractivity contribution in [2.75, 3.05) is 13.1 Å². The van der Waals surface area contributed by atoms with E-state index in [0.717, 1.165) is 22.3 Å². The van der Waals surface area contributed by atoms with Crippen LogP contribution in [0.15, 0.2) is 83.8 Å². The molecule has 0 aliphatic carbocycles. The van der Waals surface area contributed by atoms with Gasteiger partial charge in [-0.1, -0.05) is 72.3 Å². The third kappa shape index (κ3) is 8.90. The fraction of sp³-hybridized carbons (Fsp3) is 0.286. The van der Waals surface area contributed by atoms with E-state index in [9.17, 15) is 26.4 Å². The summed E-state index contributed by atoms with van der Waals surface area (Å²) in [6, 6.07) is 24.5. The van der Waals surface area contributed by atoms with E-state index in [2.05, 4.69) is 33.6 Å². The molecule has 0 bridgehead atoms. The van der Waals surface area contributed by atoms with Crippen LogP contribution in [-0.4, -0.2) is 50.7 Å². The fourth-order valence-electron chi connectivity index (χ4n) is 4.14. The molecule has 1 aliphatic heterocycles. The molecule has 1 saturated heterocycles. The maximum Gasteiger partial charge on any atom is 0.490 e. The molecular formula is C28H30F3N3O5S. The van der Waals surface area contributed by atoms with Gasteiger partial charge in [0.2, 0.25) is 15.9 Å². The van der Waals surface area contributed by atoms with Crippen molar-refractivity contribution in [3.8, 4) is 11.1 Å². The number of nitrogens with one attached hydrogen (secondary N) is 3. The highest BCUT2D eigenvalue weighted by molar-refractivity contribution is 7.89. The molecule has 1 fully saturated rings. The Balaban J connectivity index is 0.000000559. The molecule has 1 aliphatic rings. The minimum Gasteiger partial charge on any atom is -0.475 e. The third-order valence-electron chi connectivity index (χ3n) is 6.17. The van der Waals surface area contributed by atoms with Crippen molar-refractivity contribution in [3.63, 3.8) is 0 Å². The highest BCUT2D eigenvalue weighted by Crippen LogP contribution is 2.23. The minimum atomic E-state index is -5.08. The van der Waals surface area contributed by atoms with Crippen molar-refractivity contribution in [3.05, 3.63) is 90.0 Å². The van der Waals surface area contributed by atoms with Gasteiger partial charge >= 0.3 is 12.1 Å². The molecular weight excluding hydrogens is 547 g/mol. The summed E-state index contributed by atoms with van der Waals surface area (Å²) in [5.74, 6) is -3.15. The maximum absolute atomic E-state index is 12.9. The number of benzene rings is 3. The van der Waals surface area contributed by atoms with E-state index in [4.69, 9.17) is 9.90 Å². The highest BCUT2D eigenvalue weighted by Gasteiger charge is 2.38. The Hall–Kier alpha value is -3.74. The van der Waals surface area contributed by atoms with Crippen molar-refractivity contribution < 1.29 is 36.3 Å². The van der Waals surface area contributed by atoms with E-state index in [-0.39, 0.29) is 22.8 Å². The number of halogens is 3. The quantitative estimate of drug-likeness (QED) is 0.338. The molecule has 4 N–H and O–H groups in total. The van der Waals surface area contributed by atoms with Crippen LogP contribution in [0.3, 0.4) is 0 Å². The Morgan fingerprint density at radius 2 is 1.55 bits per heavy atom. The summed E-state index contributed by atoms with van der Waals surface area (Å²) in [7, 11) is -3.64. The number of hydrogen-bond donors (Lipinski definition) is 4. The maximum atomic E-state index is 12.9. The van der Waals surface area contributed by atoms with Crippen molar-refractivity contribution in [1.29, 1.82) is 0 Å². The topological polar surface area (TPSA) is 125 Å². The molecule has 0 spiro atoms. The van der Waals surface area contributed by atoms with Crippen LogP contribution in [0.25, 0.3) is 11.1 Å². The first-order valence-electron chi connectivity index (χ1n) is 12.4. The largest absolute Gasteiger partial charge is 0.490 e. The van der Waals surface area contributed by atoms with Gasteiger partial charge in [-0.2, -0.15) is 13.2 Å². The second kappa shape index (κ2) is 13.6. The molecule has 0 aromatic heterocycles. The molecule has 12 heteroatoms. The van der Waals surface area contributed by atoms with E-state index in [1.807, 2.05) is 43.3 Å². The number of piperidine rings is 1. The lowest BCUT2D eigenvalue weighted by Crippen LogP contribution is -2.52. The number of rotatable bonds is 7. The molecule has 2 atom stereocenters. The van der Waals surface area contributed by atoms with Gasteiger partial charge in [-0.25, -0.2) is 17.9 Å². The summed E-state index contributed by atoms with van der Waals surface area (Å²) < 4.78 is 59.9. The van der Waals surface area contributed by atoms with Gasteiger partial charge in [-0.3, -0.25) is 4.79 Å². The smallest absolute Gasteiger partial charge is 0.475 e. The van der Waals surface area contributed by atoms with Crippen LogP contribution in [0.4, 0.5) is 13.2 Å². The summed E-state index contributed by atoms with van der Waals surface area (Å²) in [6.45, 7) is 3.34. The van der Waals surface area contributed by atoms with Crippen LogP contribution in [0, 0.1) is 12.8 Å². The van der Waals surface area contributed by atoms with Crippen LogP contribution in [0.1, 0.15) is 17.5 Å². The second-order valence-electron chi connectivity index (χ2n) is 9.27. The van der Waals surface area contributed by atoms with E-state index in [1.54, 1.807) is 24.3 Å². The zero-order chi connectivity index (χ0) is 29.3. The molecule has 2 unspecified atom stereocenters. The lowest BCUT2D eigenvalue weighted by Gasteiger charge is -2.29. The fourth-order valence-corrected chi connectivity index (χ4v) is 5.39. The van der Waals surface area contributed by atoms with Gasteiger partial charge in [0.15, 0.2) is 0 Å². The number of hydrogen-bond acceptors (Lipinski definition) is 5. The van der Waals surface area contributed by atoms with Crippen LogP contribution in [-0.2, 0) is 26.2 Å². The van der Waals surface area contributed by atoms with Crippen molar-refractivity contribution >= 4 is 21.9 Å². The van der Waals surface area contributed by atoms with Crippen LogP contribution in [0.5, 0.6) is 0 Å². The lowest BCUT2D eigenvalue weighted by molar-refractivity contribution is -0.192. The van der Waals surface area contributed by atoms with Gasteiger partial charge in [0.05, 0.1) is 10.8 Å². The molecule has 40 heavy (non-hydrogen) atoms. The molecule has 8 nitrogen and oxygen atoms in total. The number of sulfonamides is 1. The third-order valence-corrected chi connectivity index (χ3v) is 7.71. The average molecular weight is 578 g/mol. The molecule has 1 heterocycles. The van der Waals surface area contributed by atoms with Gasteiger partial charge in [0.1, 0.15) is 0 Å². The van der Waals surface area contributed by atoms with Crippen LogP contribution >= 0.6 is 0 Å². The Kier molecular flexibility index (Phi) is 10.4. The van der Waals surface area contributed by atoms with E-state index >= 15 is 0 Å². The Morgan fingerprint density at radius 1 is 0.950 bits per heavy atom. The summed E-state index contributed by atoms with van der Waals surface area (Å²) in [5, 5.41) is 13.4. The van der Waals surface area contributed by atoms with Crippen molar-refractivity contribution in [1.82, 2.24) is 15.4 Å². The number of carbonyl (C=O) groups is 2. The lowest BCUT2D eigenvalue weighted by atomic mass is 9.95. The average Bonchev–Trinajstić information content (AvgIpc) is 2.92. The van der Waals surface area contributed by atoms with Crippen LogP contribution in [0.2, 0.25) is 0 Å². The molecule has 0 saturated carbocycles. The molecule has 3 aromatic carbocycles. The van der Waals surface area contributed by atoms with Crippen molar-refractivity contribution in [2.24, 2.45) is 5.92 Å². The summed E-state index contributed by atoms with van der Waals surface area (Å²) in [4.78, 5) is 22.0. The number of carboxylic acid groups (broad SMARTS) is 1. The number of aryl methyl sites for hydroxylation is 1. The zero-order valence-electron chi connectivity index (χ0n) is 21.6. The van der Waals surface area contributed by atoms with Gasteiger partial charge in [0.25, 0.3) is 0 Å². The van der Waals surface area contributed by atoms with Gasteiger partial charge in [-0.05, 0) is 42.2 Å². The van der Waals surface area contributed by atoms with Crippen molar-refractivity contribution in [2.45, 2.75) is 37.0 Å². The normalized spacial score (nSPS) is 17.3. The van der Waals surface area contributed by atoms with E-state index < -0.39 is 22.2 Å². The minimum absolute atomic E-state index is 0.0791. The Bertz CT molecular complexity index is 1400. The van der Waals surface area contributed by atoms with Gasteiger partial charge in [0, 0.05) is 25.7 Å². The number of carbonyl (C=O) groups excluding carboxylic acids is 1. The molecule has 4 rings (SSSR count). The Morgan fingerprint density at radius 3 is 2.17 bits per heavy atom. The van der Waals surface area contributed by atoms with Gasteiger partial charge < -0.3 is 15.7 Å². The number of amides is 1. The predicted octanol–water partition coefficient (Wildman–Crippen LogP) is 3.87. The molecule has 3 aromatic rings. The first-order chi connectivity index (χ1) is 18.9. The van der Waals surface area contributed by atoms with Crippen LogP contribution < -0.4 is 15.4 Å². The second-order valence-corrected chi connectivity index (χ2v) is 11.0. The Labute approximate surface area is 230 Å². The number of aliphatic carboxylic acids is 1. The summed E-state index contributed by atoms with van der Waals surface area (Å²) in [6.07, 6.45) is -4.63. The van der Waals surface area contributed by atoms with E-state index in [1.165, 1.54) is 0 Å².